The zero-order valence-corrected chi connectivity index (χ0v) is 58.7. The van der Waals surface area contributed by atoms with Gasteiger partial charge in [-0.1, -0.05) is 152 Å². The number of ketones is 2. The average Bonchev–Trinajstić information content (AvgIpc) is 1.72. The smallest absolute Gasteiger partial charge is 0.407 e. The van der Waals surface area contributed by atoms with E-state index < -0.39 is 44.3 Å². The fourth-order valence-corrected chi connectivity index (χ4v) is 15.2. The number of carbonyl (C=O) groups excluding carboxylic acids is 4. The summed E-state index contributed by atoms with van der Waals surface area (Å²) >= 11 is 2.85. The molecule has 0 bridgehead atoms. The summed E-state index contributed by atoms with van der Waals surface area (Å²) in [6.45, 7) is 8.60. The summed E-state index contributed by atoms with van der Waals surface area (Å²) in [5.74, 6) is -0.666. The number of nitrogens with one attached hydrogen (secondary N) is 4. The summed E-state index contributed by atoms with van der Waals surface area (Å²) < 4.78 is 79.4. The summed E-state index contributed by atoms with van der Waals surface area (Å²) in [7, 11) is -7.39. The number of ether oxygens (including phenoxy) is 4. The Labute approximate surface area is 580 Å². The van der Waals surface area contributed by atoms with E-state index in [0.717, 1.165) is 58.2 Å². The Bertz CT molecular complexity index is 3600. The van der Waals surface area contributed by atoms with Gasteiger partial charge in [-0.15, -0.1) is 22.7 Å². The van der Waals surface area contributed by atoms with Crippen LogP contribution in [0.3, 0.4) is 0 Å². The molecule has 2 saturated heterocycles. The first kappa shape index (κ1) is 75.7. The summed E-state index contributed by atoms with van der Waals surface area (Å²) in [6.07, 6.45) is 8.60. The molecule has 2 aliphatic heterocycles. The highest BCUT2D eigenvalue weighted by Crippen LogP contribution is 2.26. The second-order valence-electron chi connectivity index (χ2n) is 24.7. The maximum absolute atomic E-state index is 14.2. The van der Waals surface area contributed by atoms with Crippen molar-refractivity contribution >= 4 is 66.5 Å². The molecule has 0 saturated carbocycles. The van der Waals surface area contributed by atoms with Crippen LogP contribution in [0.2, 0.25) is 0 Å². The molecule has 2 fully saturated rings. The number of Topliss-reactive ketones (excluding diaryl/α,β-unsaturated/α-hetero) is 2. The number of hydrogen-bond donors (Lipinski definition) is 4. The van der Waals surface area contributed by atoms with Crippen LogP contribution in [-0.2, 0) is 93.2 Å². The number of nitrogens with zero attached hydrogens (tertiary/aromatic N) is 4. The van der Waals surface area contributed by atoms with Crippen LogP contribution < -0.4 is 20.1 Å². The first-order valence-corrected chi connectivity index (χ1v) is 38.6. The minimum Gasteiger partial charge on any atom is -0.444 e. The third-order valence-corrected chi connectivity index (χ3v) is 21.5. The Balaban J connectivity index is 0.000000249. The summed E-state index contributed by atoms with van der Waals surface area (Å²) in [4.78, 5) is 68.0. The Kier molecular flexibility index (Phi) is 32.2. The van der Waals surface area contributed by atoms with Crippen molar-refractivity contribution in [1.82, 2.24) is 39.8 Å². The standard InChI is InChI=1S/C39H48N4O6S2.C34H46N4O6S2/c44-38(37(18-19-43-20-22-48-23-21-43)42-51(46,47)29-33-14-8-3-9-15-33)26-34(24-31-10-4-1-5-11-31)16-17-35(25-32-12-6-2-7-13-32)41-39(45)49-28-36-27-40-30-50-36;1-2-46(41,42)37-32(15-16-38-17-19-43-20-18-38)33(39)23-29(21-27-9-5-3-6-10-27)13-14-30(22-28-11-7-4-8-12-28)36-34(40)44-25-31-24-35-26-45-31/h1-15,27,30,34-35,37,42H,16-26,28-29H2,(H,41,45);3-12,24,26,29-30,32,37H,2,13-23,25H2,1H3,(H,36,40)/t34-,35-,37+;29-,30-,32+/m11/s1. The van der Waals surface area contributed by atoms with Crippen LogP contribution in [0.1, 0.15) is 95.9 Å². The van der Waals surface area contributed by atoms with E-state index in [1.807, 2.05) is 127 Å². The lowest BCUT2D eigenvalue weighted by molar-refractivity contribution is -0.122. The molecule has 522 valence electrons. The van der Waals surface area contributed by atoms with Gasteiger partial charge in [0, 0.05) is 76.6 Å². The second-order valence-corrected chi connectivity index (χ2v) is 30.5. The van der Waals surface area contributed by atoms with Crippen molar-refractivity contribution < 1.29 is 55.0 Å². The van der Waals surface area contributed by atoms with Gasteiger partial charge in [0.2, 0.25) is 20.0 Å². The number of amides is 2. The zero-order valence-electron chi connectivity index (χ0n) is 55.4. The Morgan fingerprint density at radius 2 is 0.825 bits per heavy atom. The van der Waals surface area contributed by atoms with Crippen LogP contribution in [0.15, 0.2) is 175 Å². The van der Waals surface area contributed by atoms with Crippen molar-refractivity contribution in [3.63, 3.8) is 0 Å². The van der Waals surface area contributed by atoms with Crippen molar-refractivity contribution in [1.29, 1.82) is 0 Å². The number of carbonyl (C=O) groups is 4. The van der Waals surface area contributed by atoms with E-state index in [9.17, 15) is 36.0 Å². The number of hydrogen-bond acceptors (Lipinski definition) is 18. The molecular formula is C73H94N8O12S4. The highest BCUT2D eigenvalue weighted by atomic mass is 32.2. The lowest BCUT2D eigenvalue weighted by atomic mass is 9.86. The van der Waals surface area contributed by atoms with Crippen LogP contribution in [-0.4, -0.2) is 156 Å². The SMILES string of the molecule is CCS(=O)(=O)N[C@@H](CCN1CCOCC1)C(=O)C[C@H](CC[C@H](Cc1ccccc1)NC(=O)OCc1cncs1)Cc1ccccc1.O=C(N[C@H](CC[C@@H](CC(=O)[C@H](CCN1CCOCC1)NS(=O)(=O)Cc1ccccc1)Cc1ccccc1)Cc1ccccc1)OCc1cncs1. The number of aromatic nitrogens is 2. The van der Waals surface area contributed by atoms with Gasteiger partial charge in [0.25, 0.3) is 0 Å². The molecule has 2 aromatic heterocycles. The first-order valence-electron chi connectivity index (χ1n) is 33.6. The molecule has 0 aliphatic carbocycles. The fraction of sp³-hybridized carbons (Fsp3) is 0.452. The van der Waals surface area contributed by atoms with Crippen molar-refractivity contribution in [3.8, 4) is 0 Å². The van der Waals surface area contributed by atoms with Crippen LogP contribution in [0.4, 0.5) is 9.59 Å². The highest BCUT2D eigenvalue weighted by molar-refractivity contribution is 7.89. The molecule has 0 spiro atoms. The van der Waals surface area contributed by atoms with Crippen molar-refractivity contribution in [2.24, 2.45) is 11.8 Å². The molecular weight excluding hydrogens is 1310 g/mol. The predicted molar refractivity (Wildman–Crippen MR) is 380 cm³/mol. The molecule has 2 amide bonds. The van der Waals surface area contributed by atoms with Gasteiger partial charge < -0.3 is 29.6 Å². The molecule has 4 heterocycles. The maximum atomic E-state index is 14.2. The van der Waals surface area contributed by atoms with Crippen molar-refractivity contribution in [2.75, 3.05) is 71.4 Å². The first-order chi connectivity index (χ1) is 47.1. The van der Waals surface area contributed by atoms with Crippen LogP contribution in [0.5, 0.6) is 0 Å². The molecule has 9 rings (SSSR count). The van der Waals surface area contributed by atoms with E-state index in [2.05, 4.69) is 39.8 Å². The minimum atomic E-state index is -3.80. The lowest BCUT2D eigenvalue weighted by Crippen LogP contribution is -2.45. The van der Waals surface area contributed by atoms with Crippen molar-refractivity contribution in [3.05, 3.63) is 213 Å². The van der Waals surface area contributed by atoms with Gasteiger partial charge >= 0.3 is 12.2 Å². The number of benzene rings is 5. The predicted octanol–water partition coefficient (Wildman–Crippen LogP) is 10.4. The van der Waals surface area contributed by atoms with Gasteiger partial charge in [0.05, 0.1) is 70.8 Å². The average molecular weight is 1400 g/mol. The van der Waals surface area contributed by atoms with Gasteiger partial charge in [0.1, 0.15) is 13.2 Å². The molecule has 4 N–H and O–H groups in total. The normalized spacial score (nSPS) is 15.7. The van der Waals surface area contributed by atoms with Crippen molar-refractivity contribution in [2.45, 2.75) is 127 Å². The summed E-state index contributed by atoms with van der Waals surface area (Å²) in [6, 6.07) is 46.8. The Morgan fingerprint density at radius 1 is 0.474 bits per heavy atom. The molecule has 20 nitrogen and oxygen atoms in total. The van der Waals surface area contributed by atoms with Crippen LogP contribution in [0.25, 0.3) is 0 Å². The van der Waals surface area contributed by atoms with Gasteiger partial charge in [-0.05, 0) is 111 Å². The number of thiazole rings is 2. The van der Waals surface area contributed by atoms with E-state index >= 15 is 0 Å². The van der Waals surface area contributed by atoms with Crippen LogP contribution in [0, 0.1) is 11.8 Å². The van der Waals surface area contributed by atoms with E-state index in [1.165, 1.54) is 22.7 Å². The van der Waals surface area contributed by atoms with E-state index in [0.29, 0.717) is 109 Å². The van der Waals surface area contributed by atoms with Gasteiger partial charge in [-0.2, -0.15) is 0 Å². The number of morpholine rings is 2. The van der Waals surface area contributed by atoms with Gasteiger partial charge in [-0.3, -0.25) is 29.4 Å². The highest BCUT2D eigenvalue weighted by Gasteiger charge is 2.31. The topological polar surface area (TPSA) is 254 Å². The zero-order chi connectivity index (χ0) is 68.3. The molecule has 7 aromatic rings. The molecule has 6 atom stereocenters. The molecule has 24 heteroatoms. The number of sulfonamides is 2. The maximum Gasteiger partial charge on any atom is 0.407 e. The summed E-state index contributed by atoms with van der Waals surface area (Å²) in [5, 5.41) is 6.11. The Morgan fingerprint density at radius 3 is 1.18 bits per heavy atom. The second kappa shape index (κ2) is 41.3. The molecule has 97 heavy (non-hydrogen) atoms. The Hall–Kier alpha value is -7.10. The van der Waals surface area contributed by atoms with Gasteiger partial charge in [-0.25, -0.2) is 35.9 Å². The van der Waals surface area contributed by atoms with E-state index in [1.54, 1.807) is 54.6 Å². The quantitative estimate of drug-likeness (QED) is 0.0279. The molecule has 5 aromatic carbocycles. The minimum absolute atomic E-state index is 0.0554. The van der Waals surface area contributed by atoms with Crippen LogP contribution >= 0.6 is 22.7 Å². The number of rotatable bonds is 39. The molecule has 0 unspecified atom stereocenters. The van der Waals surface area contributed by atoms with Gasteiger partial charge in [0.15, 0.2) is 11.6 Å². The lowest BCUT2D eigenvalue weighted by Gasteiger charge is -2.29. The fourth-order valence-electron chi connectivity index (χ4n) is 11.9. The largest absolute Gasteiger partial charge is 0.444 e. The third kappa shape index (κ3) is 29.5. The van der Waals surface area contributed by atoms with E-state index in [4.69, 9.17) is 18.9 Å². The monoisotopic (exact) mass is 1400 g/mol. The summed E-state index contributed by atoms with van der Waals surface area (Å²) in [5.41, 5.74) is 8.43. The number of alkyl carbamates (subject to hydrolysis) is 2. The van der Waals surface area contributed by atoms with E-state index in [-0.39, 0.29) is 73.0 Å². The molecule has 0 radical (unpaired) electrons. The third-order valence-electron chi connectivity index (χ3n) is 17.2. The molecule has 2 aliphatic rings.